The van der Waals surface area contributed by atoms with Crippen LogP contribution in [0.4, 0.5) is 0 Å². The van der Waals surface area contributed by atoms with Crippen molar-refractivity contribution < 1.29 is 38.5 Å². The van der Waals surface area contributed by atoms with Gasteiger partial charge in [-0.1, -0.05) is 355 Å². The van der Waals surface area contributed by atoms with Crippen molar-refractivity contribution in [3.63, 3.8) is 0 Å². The number of carboxylic acids is 1. The molecule has 8 nitrogen and oxygen atoms in total. The van der Waals surface area contributed by atoms with Crippen molar-refractivity contribution in [2.75, 3.05) is 36.2 Å². The van der Waals surface area contributed by atoms with Crippen molar-refractivity contribution in [3.8, 4) is 0 Å². The summed E-state index contributed by atoms with van der Waals surface area (Å²) >= 11 is 3.16. The summed E-state index contributed by atoms with van der Waals surface area (Å²) in [5.41, 5.74) is 0. The molecule has 1 unspecified atom stereocenters. The first-order chi connectivity index (χ1) is 42.3. The normalized spacial score (nSPS) is 11.6. The average molecular weight is 1250 g/mol. The van der Waals surface area contributed by atoms with Crippen LogP contribution < -0.4 is 0 Å². The summed E-state index contributed by atoms with van der Waals surface area (Å²) in [7, 11) is 0. The van der Waals surface area contributed by atoms with E-state index in [-0.39, 0.29) is 30.4 Å². The highest BCUT2D eigenvalue weighted by molar-refractivity contribution is 7.99. The number of carbonyl (C=O) groups excluding carboxylic acids is 3. The van der Waals surface area contributed by atoms with Gasteiger partial charge in [-0.25, -0.2) is 0 Å². The topological polar surface area (TPSA) is 116 Å². The van der Waals surface area contributed by atoms with Crippen LogP contribution in [-0.4, -0.2) is 71.3 Å². The molecule has 0 aromatic rings. The maximum Gasteiger partial charge on any atom is 0.306 e. The SMILES string of the molecule is CCCCCCCCCCCCCCCCCCCC(CCCCCCCC)OC(=O)CCSCCC(=O)O.CCCCCCCCCCCCCCCCCCOC(=O)CCSCCC(=O)OCCCCCCCCCCCCCCCCCC. The van der Waals surface area contributed by atoms with Gasteiger partial charge in [0.05, 0.1) is 38.9 Å². The van der Waals surface area contributed by atoms with E-state index in [1.807, 2.05) is 0 Å². The standard InChI is InChI=1S/C42H82O4S.C34H66O4S/c1-3-5-7-9-11-13-15-17-19-21-23-25-27-29-31-33-37-45-41(43)35-39-47-40-36-42(44)46-38-34-32-30-28-26-24-22-20-18-16-14-12-10-8-6-4-2;1-3-5-7-9-11-12-13-14-15-16-17-18-19-20-21-23-25-27-32(26-24-22-10-8-6-4-2)38-34(37)29-31-39-30-28-33(35)36/h3-40H2,1-2H3;32H,3-31H2,1-2H3,(H,35,36). The first-order valence-corrected chi connectivity index (χ1v) is 40.5. The molecule has 0 aromatic heterocycles. The van der Waals surface area contributed by atoms with Crippen LogP contribution in [-0.2, 0) is 33.4 Å². The zero-order chi connectivity index (χ0) is 62.8. The molecule has 0 bridgehead atoms. The van der Waals surface area contributed by atoms with E-state index < -0.39 is 5.97 Å². The molecule has 0 aliphatic heterocycles. The first-order valence-electron chi connectivity index (χ1n) is 38.2. The molecule has 0 rings (SSSR count). The van der Waals surface area contributed by atoms with E-state index in [2.05, 4.69) is 27.7 Å². The van der Waals surface area contributed by atoms with Crippen molar-refractivity contribution in [2.45, 2.75) is 425 Å². The highest BCUT2D eigenvalue weighted by atomic mass is 32.2. The quantitative estimate of drug-likeness (QED) is 0.0358. The van der Waals surface area contributed by atoms with Crippen LogP contribution in [0.5, 0.6) is 0 Å². The highest BCUT2D eigenvalue weighted by Gasteiger charge is 2.15. The number of aliphatic carboxylic acids is 1. The lowest BCUT2D eigenvalue weighted by Crippen LogP contribution is -2.19. The molecule has 0 saturated carbocycles. The monoisotopic (exact) mass is 1250 g/mol. The Labute approximate surface area is 544 Å². The van der Waals surface area contributed by atoms with Crippen LogP contribution >= 0.6 is 23.5 Å². The van der Waals surface area contributed by atoms with Gasteiger partial charge >= 0.3 is 23.9 Å². The number of hydrogen-bond acceptors (Lipinski definition) is 9. The second kappa shape index (κ2) is 77.8. The van der Waals surface area contributed by atoms with Crippen LogP contribution in [0, 0.1) is 0 Å². The van der Waals surface area contributed by atoms with Gasteiger partial charge < -0.3 is 19.3 Å². The Morgan fingerprint density at radius 2 is 0.465 bits per heavy atom. The van der Waals surface area contributed by atoms with Gasteiger partial charge in [0, 0.05) is 23.0 Å². The Balaban J connectivity index is 0. The van der Waals surface area contributed by atoms with Crippen molar-refractivity contribution >= 4 is 47.4 Å². The lowest BCUT2D eigenvalue weighted by atomic mass is 10.0. The van der Waals surface area contributed by atoms with Gasteiger partial charge in [-0.3, -0.25) is 19.2 Å². The van der Waals surface area contributed by atoms with Crippen molar-refractivity contribution in [2.24, 2.45) is 0 Å². The van der Waals surface area contributed by atoms with Crippen molar-refractivity contribution in [1.82, 2.24) is 0 Å². The van der Waals surface area contributed by atoms with Gasteiger partial charge in [-0.2, -0.15) is 23.5 Å². The van der Waals surface area contributed by atoms with Gasteiger partial charge in [0.15, 0.2) is 0 Å². The molecule has 0 aromatic carbocycles. The summed E-state index contributed by atoms with van der Waals surface area (Å²) in [5.74, 6) is 1.53. The molecule has 0 spiro atoms. The molecular weight excluding hydrogens is 1100 g/mol. The molecule has 512 valence electrons. The average Bonchev–Trinajstić information content (AvgIpc) is 3.50. The fourth-order valence-electron chi connectivity index (χ4n) is 11.4. The van der Waals surface area contributed by atoms with Gasteiger partial charge in [0.1, 0.15) is 6.10 Å². The molecule has 0 radical (unpaired) electrons. The highest BCUT2D eigenvalue weighted by Crippen LogP contribution is 2.21. The zero-order valence-corrected chi connectivity index (χ0v) is 59.7. The number of carbonyl (C=O) groups is 4. The summed E-state index contributed by atoms with van der Waals surface area (Å²) in [6.45, 7) is 10.2. The van der Waals surface area contributed by atoms with Crippen LogP contribution in [0.3, 0.4) is 0 Å². The number of ether oxygens (including phenoxy) is 3. The van der Waals surface area contributed by atoms with Crippen LogP contribution in [0.2, 0.25) is 0 Å². The lowest BCUT2D eigenvalue weighted by molar-refractivity contribution is -0.149. The second-order valence-corrected chi connectivity index (χ2v) is 28.2. The summed E-state index contributed by atoms with van der Waals surface area (Å²) in [5, 5.41) is 8.73. The van der Waals surface area contributed by atoms with E-state index in [0.29, 0.717) is 55.5 Å². The Hall–Kier alpha value is -1.42. The molecule has 10 heteroatoms. The van der Waals surface area contributed by atoms with Gasteiger partial charge in [0.2, 0.25) is 0 Å². The molecular formula is C76H148O8S2. The fraction of sp³-hybridized carbons (Fsp3) is 0.947. The van der Waals surface area contributed by atoms with Crippen LogP contribution in [0.25, 0.3) is 0 Å². The largest absolute Gasteiger partial charge is 0.481 e. The molecule has 1 atom stereocenters. The first kappa shape index (κ1) is 86.6. The van der Waals surface area contributed by atoms with Crippen LogP contribution in [0.1, 0.15) is 419 Å². The smallest absolute Gasteiger partial charge is 0.306 e. The summed E-state index contributed by atoms with van der Waals surface area (Å²) in [4.78, 5) is 46.9. The molecule has 0 saturated heterocycles. The van der Waals surface area contributed by atoms with E-state index in [9.17, 15) is 19.2 Å². The van der Waals surface area contributed by atoms with Gasteiger partial charge in [-0.15, -0.1) is 0 Å². The van der Waals surface area contributed by atoms with Gasteiger partial charge in [-0.05, 0) is 38.5 Å². The fourth-order valence-corrected chi connectivity index (χ4v) is 13.1. The predicted molar refractivity (Wildman–Crippen MR) is 378 cm³/mol. The van der Waals surface area contributed by atoms with E-state index in [1.54, 1.807) is 11.8 Å². The minimum Gasteiger partial charge on any atom is -0.481 e. The second-order valence-electron chi connectivity index (χ2n) is 25.8. The minimum absolute atomic E-state index is 0.0593. The number of unbranched alkanes of at least 4 members (excludes halogenated alkanes) is 51. The Morgan fingerprint density at radius 3 is 0.698 bits per heavy atom. The summed E-state index contributed by atoms with van der Waals surface area (Å²) < 4.78 is 16.6. The molecule has 0 fully saturated rings. The lowest BCUT2D eigenvalue weighted by Gasteiger charge is -2.18. The predicted octanol–water partition coefficient (Wildman–Crippen LogP) is 25.4. The summed E-state index contributed by atoms with van der Waals surface area (Å²) in [6.07, 6.45) is 77.5. The van der Waals surface area contributed by atoms with E-state index in [0.717, 1.165) is 51.4 Å². The molecule has 0 amide bonds. The number of thioether (sulfide) groups is 2. The van der Waals surface area contributed by atoms with Gasteiger partial charge in [0.25, 0.3) is 0 Å². The zero-order valence-electron chi connectivity index (χ0n) is 58.1. The van der Waals surface area contributed by atoms with Crippen molar-refractivity contribution in [1.29, 1.82) is 0 Å². The number of hydrogen-bond donors (Lipinski definition) is 1. The molecule has 0 heterocycles. The number of rotatable bonds is 72. The Morgan fingerprint density at radius 1 is 0.267 bits per heavy atom. The Kier molecular flexibility index (Phi) is 78.4. The number of carboxylic acid groups (broad SMARTS) is 1. The maximum atomic E-state index is 12.4. The van der Waals surface area contributed by atoms with Crippen LogP contribution in [0.15, 0.2) is 0 Å². The molecule has 1 N–H and O–H groups in total. The van der Waals surface area contributed by atoms with E-state index in [4.69, 9.17) is 19.3 Å². The third-order valence-corrected chi connectivity index (χ3v) is 19.1. The number of esters is 3. The molecule has 0 aliphatic rings. The molecule has 0 aliphatic carbocycles. The van der Waals surface area contributed by atoms with Crippen molar-refractivity contribution in [3.05, 3.63) is 0 Å². The third kappa shape index (κ3) is 78.7. The minimum atomic E-state index is -0.779. The van der Waals surface area contributed by atoms with E-state index in [1.165, 1.54) is 326 Å². The van der Waals surface area contributed by atoms with E-state index >= 15 is 0 Å². The third-order valence-electron chi connectivity index (χ3n) is 17.1. The summed E-state index contributed by atoms with van der Waals surface area (Å²) in [6, 6.07) is 0. The molecule has 86 heavy (non-hydrogen) atoms. The maximum absolute atomic E-state index is 12.4. The Bertz CT molecular complexity index is 1300.